The summed E-state index contributed by atoms with van der Waals surface area (Å²) in [4.78, 5) is 12.9. The summed E-state index contributed by atoms with van der Waals surface area (Å²) in [6.45, 7) is -0.493. The Kier molecular flexibility index (Phi) is 3.53. The third kappa shape index (κ3) is 2.08. The van der Waals surface area contributed by atoms with Crippen molar-refractivity contribution in [1.29, 1.82) is 0 Å². The summed E-state index contributed by atoms with van der Waals surface area (Å²) in [5, 5.41) is 18.4. The molecule has 0 bridgehead atoms. The summed E-state index contributed by atoms with van der Waals surface area (Å²) in [5.41, 5.74) is -3.83. The van der Waals surface area contributed by atoms with Gasteiger partial charge in [-0.25, -0.2) is 8.78 Å². The first kappa shape index (κ1) is 15.2. The van der Waals surface area contributed by atoms with Crippen LogP contribution in [0.15, 0.2) is 11.0 Å². The van der Waals surface area contributed by atoms with Crippen LogP contribution in [0.2, 0.25) is 0 Å². The topological polar surface area (TPSA) is 87.5 Å². The van der Waals surface area contributed by atoms with Crippen molar-refractivity contribution in [2.45, 2.75) is 30.8 Å². The zero-order valence-electron chi connectivity index (χ0n) is 10.1. The molecule has 1 fully saturated rings. The van der Waals surface area contributed by atoms with Crippen molar-refractivity contribution in [2.24, 2.45) is 0 Å². The Hall–Kier alpha value is -1.23. The van der Waals surface area contributed by atoms with Crippen molar-refractivity contribution in [3.8, 4) is 0 Å². The number of nitrogens with one attached hydrogen (secondary N) is 1. The number of alkyl halides is 2. The lowest BCUT2D eigenvalue weighted by molar-refractivity contribution is -0.207. The van der Waals surface area contributed by atoms with Gasteiger partial charge in [0, 0.05) is 0 Å². The van der Waals surface area contributed by atoms with Crippen LogP contribution >= 0.6 is 12.2 Å². The number of halogens is 3. The van der Waals surface area contributed by atoms with E-state index in [-0.39, 0.29) is 0 Å². The van der Waals surface area contributed by atoms with Crippen molar-refractivity contribution in [2.75, 3.05) is 6.61 Å². The Morgan fingerprint density at radius 1 is 1.60 bits per heavy atom. The standard InChI is InChI=1S/C10H11F3N2O4S/c1-9(12)6(18)10(13,3-16)19-7(9)15-2-4(11)5(17)14-8(15)20/h2,6-7,16,18H,3H2,1H3,(H,14,17,20). The minimum Gasteiger partial charge on any atom is -0.390 e. The molecule has 0 aromatic carbocycles. The van der Waals surface area contributed by atoms with Gasteiger partial charge in [0.25, 0.3) is 11.4 Å². The van der Waals surface area contributed by atoms with Crippen LogP contribution in [-0.2, 0) is 4.74 Å². The average Bonchev–Trinajstić information content (AvgIpc) is 2.56. The summed E-state index contributed by atoms with van der Waals surface area (Å²) in [5.74, 6) is -4.34. The number of aromatic nitrogens is 2. The van der Waals surface area contributed by atoms with Crippen LogP contribution in [0.3, 0.4) is 0 Å². The van der Waals surface area contributed by atoms with Crippen LogP contribution in [0.1, 0.15) is 13.2 Å². The summed E-state index contributed by atoms with van der Waals surface area (Å²) in [7, 11) is 0. The summed E-state index contributed by atoms with van der Waals surface area (Å²) >= 11 is 4.72. The van der Waals surface area contributed by atoms with E-state index in [1.165, 1.54) is 0 Å². The lowest BCUT2D eigenvalue weighted by Crippen LogP contribution is -2.46. The average molecular weight is 312 g/mol. The molecule has 10 heteroatoms. The van der Waals surface area contributed by atoms with Crippen LogP contribution in [-0.4, -0.2) is 44.0 Å². The SMILES string of the molecule is CC1(F)C(n2cc(F)c(=O)[nH]c2=S)OC(F)(CO)C1O. The zero-order chi connectivity index (χ0) is 15.3. The fraction of sp³-hybridized carbons (Fsp3) is 0.600. The highest BCUT2D eigenvalue weighted by molar-refractivity contribution is 7.71. The van der Waals surface area contributed by atoms with E-state index in [1.807, 2.05) is 4.98 Å². The van der Waals surface area contributed by atoms with E-state index in [2.05, 4.69) is 4.74 Å². The molecule has 2 rings (SSSR count). The van der Waals surface area contributed by atoms with Crippen LogP contribution < -0.4 is 5.56 Å². The Morgan fingerprint density at radius 3 is 2.70 bits per heavy atom. The second kappa shape index (κ2) is 4.65. The van der Waals surface area contributed by atoms with E-state index < -0.39 is 46.6 Å². The molecular formula is C10H11F3N2O4S. The number of rotatable bonds is 2. The monoisotopic (exact) mass is 312 g/mol. The van der Waals surface area contributed by atoms with Gasteiger partial charge < -0.3 is 14.9 Å². The van der Waals surface area contributed by atoms with Crippen molar-refractivity contribution in [3.63, 3.8) is 0 Å². The molecule has 6 nitrogen and oxygen atoms in total. The molecule has 1 aromatic rings. The highest BCUT2D eigenvalue weighted by Crippen LogP contribution is 2.47. The molecule has 4 unspecified atom stereocenters. The maximum absolute atomic E-state index is 14.4. The molecule has 3 N–H and O–H groups in total. The summed E-state index contributed by atoms with van der Waals surface area (Å²) in [6.07, 6.45) is -3.63. The smallest absolute Gasteiger partial charge is 0.287 e. The lowest BCUT2D eigenvalue weighted by atomic mass is 9.97. The Labute approximate surface area is 115 Å². The van der Waals surface area contributed by atoms with Gasteiger partial charge in [0.2, 0.25) is 5.82 Å². The first-order valence-electron chi connectivity index (χ1n) is 5.49. The maximum Gasteiger partial charge on any atom is 0.287 e. The molecular weight excluding hydrogens is 301 g/mol. The molecule has 1 aliphatic rings. The summed E-state index contributed by atoms with van der Waals surface area (Å²) < 4.78 is 46.6. The number of aromatic amines is 1. The molecule has 0 saturated carbocycles. The molecule has 0 spiro atoms. The quantitative estimate of drug-likeness (QED) is 0.685. The van der Waals surface area contributed by atoms with Gasteiger partial charge in [0.15, 0.2) is 22.8 Å². The minimum atomic E-state index is -3.06. The van der Waals surface area contributed by atoms with Crippen LogP contribution in [0.5, 0.6) is 0 Å². The third-order valence-electron chi connectivity index (χ3n) is 3.13. The second-order valence-corrected chi connectivity index (χ2v) is 5.00. The van der Waals surface area contributed by atoms with E-state index in [0.29, 0.717) is 10.8 Å². The molecule has 0 aliphatic carbocycles. The lowest BCUT2D eigenvalue weighted by Gasteiger charge is -2.25. The van der Waals surface area contributed by atoms with E-state index in [1.54, 1.807) is 0 Å². The number of H-pyrrole nitrogens is 1. The predicted molar refractivity (Wildman–Crippen MR) is 62.4 cm³/mol. The molecule has 0 amide bonds. The molecule has 1 aliphatic heterocycles. The first-order chi connectivity index (χ1) is 9.13. The maximum atomic E-state index is 14.4. The Bertz CT molecular complexity index is 646. The van der Waals surface area contributed by atoms with Gasteiger partial charge in [-0.3, -0.25) is 14.3 Å². The van der Waals surface area contributed by atoms with Gasteiger partial charge in [0.05, 0.1) is 6.20 Å². The predicted octanol–water partition coefficient (Wildman–Crippen LogP) is 0.321. The normalized spacial score (nSPS) is 37.3. The summed E-state index contributed by atoms with van der Waals surface area (Å²) in [6, 6.07) is 0. The van der Waals surface area contributed by atoms with E-state index >= 15 is 0 Å². The number of ether oxygens (including phenoxy) is 1. The van der Waals surface area contributed by atoms with Crippen molar-refractivity contribution < 1.29 is 28.1 Å². The molecule has 20 heavy (non-hydrogen) atoms. The second-order valence-electron chi connectivity index (χ2n) is 4.61. The number of aliphatic hydroxyl groups is 2. The first-order valence-corrected chi connectivity index (χ1v) is 5.90. The van der Waals surface area contributed by atoms with Gasteiger partial charge in [-0.1, -0.05) is 0 Å². The largest absolute Gasteiger partial charge is 0.390 e. The Balaban J connectivity index is 2.57. The molecule has 4 atom stereocenters. The number of nitrogens with zero attached hydrogens (tertiary/aromatic N) is 1. The molecule has 1 aromatic heterocycles. The Morgan fingerprint density at radius 2 is 2.20 bits per heavy atom. The van der Waals surface area contributed by atoms with Gasteiger partial charge in [-0.2, -0.15) is 4.39 Å². The van der Waals surface area contributed by atoms with E-state index in [9.17, 15) is 23.1 Å². The van der Waals surface area contributed by atoms with Gasteiger partial charge in [-0.05, 0) is 19.1 Å². The highest BCUT2D eigenvalue weighted by atomic mass is 32.1. The van der Waals surface area contributed by atoms with Crippen molar-refractivity contribution in [1.82, 2.24) is 9.55 Å². The van der Waals surface area contributed by atoms with Crippen molar-refractivity contribution in [3.05, 3.63) is 27.1 Å². The van der Waals surface area contributed by atoms with Crippen LogP contribution in [0, 0.1) is 10.6 Å². The van der Waals surface area contributed by atoms with E-state index in [4.69, 9.17) is 17.3 Å². The van der Waals surface area contributed by atoms with Gasteiger partial charge in [-0.15, -0.1) is 0 Å². The fourth-order valence-corrected chi connectivity index (χ4v) is 2.25. The van der Waals surface area contributed by atoms with Gasteiger partial charge >= 0.3 is 0 Å². The minimum absolute atomic E-state index is 0.417. The highest BCUT2D eigenvalue weighted by Gasteiger charge is 2.64. The van der Waals surface area contributed by atoms with Gasteiger partial charge in [0.1, 0.15) is 6.61 Å². The van der Waals surface area contributed by atoms with Crippen LogP contribution in [0.4, 0.5) is 13.2 Å². The van der Waals surface area contributed by atoms with Crippen molar-refractivity contribution >= 4 is 12.2 Å². The molecule has 112 valence electrons. The number of aliphatic hydroxyl groups excluding tert-OH is 2. The number of hydrogen-bond donors (Lipinski definition) is 3. The molecule has 0 radical (unpaired) electrons. The zero-order valence-corrected chi connectivity index (χ0v) is 11.0. The van der Waals surface area contributed by atoms with E-state index in [0.717, 1.165) is 6.92 Å². The third-order valence-corrected chi connectivity index (χ3v) is 3.44. The molecule has 1 saturated heterocycles. The molecule has 2 heterocycles. The van der Waals surface area contributed by atoms with Crippen LogP contribution in [0.25, 0.3) is 0 Å². The number of hydrogen-bond acceptors (Lipinski definition) is 5. The fourth-order valence-electron chi connectivity index (χ4n) is 2.01.